The van der Waals surface area contributed by atoms with Crippen LogP contribution in [0.1, 0.15) is 49.9 Å². The van der Waals surface area contributed by atoms with Crippen molar-refractivity contribution < 1.29 is 27.9 Å². The summed E-state index contributed by atoms with van der Waals surface area (Å²) in [5.41, 5.74) is 1.14. The summed E-state index contributed by atoms with van der Waals surface area (Å²) < 4.78 is 34.9. The SMILES string of the molecule is CNC(=O)[C@@H]1CCCN1C1CCN(C(=O)Cn2cc(NC(=O)c3cnn4cccnc34)c(-c3cc(SC(C)C)ccc3OC(F)F)n2)CC1. The van der Waals surface area contributed by atoms with E-state index in [2.05, 4.69) is 30.7 Å². The maximum atomic E-state index is 13.6. The van der Waals surface area contributed by atoms with E-state index in [4.69, 9.17) is 4.74 Å². The zero-order valence-electron chi connectivity index (χ0n) is 27.5. The molecule has 4 aromatic rings. The van der Waals surface area contributed by atoms with Crippen LogP contribution in [-0.2, 0) is 16.1 Å². The van der Waals surface area contributed by atoms with Gasteiger partial charge in [0.2, 0.25) is 11.8 Å². The summed E-state index contributed by atoms with van der Waals surface area (Å²) >= 11 is 1.53. The Morgan fingerprint density at radius 3 is 2.65 bits per heavy atom. The molecule has 1 atom stereocenters. The van der Waals surface area contributed by atoms with Crippen molar-refractivity contribution in [3.05, 3.63) is 54.6 Å². The Morgan fingerprint density at radius 2 is 1.92 bits per heavy atom. The number of benzene rings is 1. The summed E-state index contributed by atoms with van der Waals surface area (Å²) in [4.78, 5) is 48.6. The summed E-state index contributed by atoms with van der Waals surface area (Å²) in [7, 11) is 1.66. The number of ether oxygens (including phenoxy) is 1. The highest BCUT2D eigenvalue weighted by Crippen LogP contribution is 2.39. The normalized spacial score (nSPS) is 17.3. The van der Waals surface area contributed by atoms with E-state index in [9.17, 15) is 23.2 Å². The van der Waals surface area contributed by atoms with Crippen molar-refractivity contribution in [2.75, 3.05) is 32.0 Å². The number of likely N-dealkylation sites (N-methyl/N-ethyl adjacent to an activating group) is 1. The van der Waals surface area contributed by atoms with Gasteiger partial charge in [-0.3, -0.25) is 24.0 Å². The maximum Gasteiger partial charge on any atom is 0.387 e. The molecule has 2 aliphatic rings. The fraction of sp³-hybridized carbons (Fsp3) is 0.455. The van der Waals surface area contributed by atoms with Crippen LogP contribution in [-0.4, -0.2) is 103 Å². The molecule has 1 aromatic carbocycles. The number of anilines is 1. The average Bonchev–Trinajstić information content (AvgIpc) is 3.83. The fourth-order valence-electron chi connectivity index (χ4n) is 6.57. The van der Waals surface area contributed by atoms with Gasteiger partial charge < -0.3 is 20.3 Å². The van der Waals surface area contributed by atoms with E-state index in [-0.39, 0.29) is 64.0 Å². The Hall–Kier alpha value is -4.57. The summed E-state index contributed by atoms with van der Waals surface area (Å²) in [6.45, 7) is 2.71. The smallest absolute Gasteiger partial charge is 0.387 e. The van der Waals surface area contributed by atoms with Crippen LogP contribution in [0.5, 0.6) is 5.75 Å². The van der Waals surface area contributed by atoms with Gasteiger partial charge in [0.25, 0.3) is 5.91 Å². The Kier molecular flexibility index (Phi) is 10.4. The lowest BCUT2D eigenvalue weighted by molar-refractivity contribution is -0.134. The number of likely N-dealkylation sites (tertiary alicyclic amines) is 2. The van der Waals surface area contributed by atoms with Crippen LogP contribution in [0.3, 0.4) is 0 Å². The molecule has 5 heterocycles. The molecule has 2 aliphatic heterocycles. The predicted molar refractivity (Wildman–Crippen MR) is 180 cm³/mol. The number of nitrogens with zero attached hydrogens (tertiary/aromatic N) is 7. The Bertz CT molecular complexity index is 1820. The molecule has 0 saturated carbocycles. The molecule has 260 valence electrons. The lowest BCUT2D eigenvalue weighted by Gasteiger charge is -2.38. The first kappa shape index (κ1) is 34.3. The average molecular weight is 696 g/mol. The number of carbonyl (C=O) groups is 3. The van der Waals surface area contributed by atoms with E-state index >= 15 is 0 Å². The third kappa shape index (κ3) is 7.69. The highest BCUT2D eigenvalue weighted by atomic mass is 32.2. The first-order valence-corrected chi connectivity index (χ1v) is 17.2. The number of piperidine rings is 1. The van der Waals surface area contributed by atoms with Crippen molar-refractivity contribution in [2.24, 2.45) is 0 Å². The molecule has 2 fully saturated rings. The molecule has 49 heavy (non-hydrogen) atoms. The number of fused-ring (bicyclic) bond motifs is 1. The fourth-order valence-corrected chi connectivity index (χ4v) is 7.44. The van der Waals surface area contributed by atoms with Crippen LogP contribution in [0.25, 0.3) is 16.9 Å². The molecule has 0 spiro atoms. The van der Waals surface area contributed by atoms with Gasteiger partial charge in [0.05, 0.1) is 17.9 Å². The first-order chi connectivity index (χ1) is 23.6. The molecule has 0 unspecified atom stereocenters. The second-order valence-corrected chi connectivity index (χ2v) is 14.0. The van der Waals surface area contributed by atoms with Crippen molar-refractivity contribution in [1.82, 2.24) is 39.5 Å². The lowest BCUT2D eigenvalue weighted by Crippen LogP contribution is -2.52. The van der Waals surface area contributed by atoms with Crippen molar-refractivity contribution in [2.45, 2.75) is 74.9 Å². The van der Waals surface area contributed by atoms with Crippen molar-refractivity contribution in [1.29, 1.82) is 0 Å². The van der Waals surface area contributed by atoms with Gasteiger partial charge in [-0.05, 0) is 56.5 Å². The van der Waals surface area contributed by atoms with Gasteiger partial charge in [-0.1, -0.05) is 13.8 Å². The number of alkyl halides is 2. The summed E-state index contributed by atoms with van der Waals surface area (Å²) in [5, 5.41) is 14.6. The third-order valence-electron chi connectivity index (χ3n) is 8.75. The van der Waals surface area contributed by atoms with Crippen LogP contribution in [0.2, 0.25) is 0 Å². The van der Waals surface area contributed by atoms with E-state index in [0.717, 1.165) is 37.1 Å². The van der Waals surface area contributed by atoms with E-state index in [1.54, 1.807) is 42.5 Å². The third-order valence-corrected chi connectivity index (χ3v) is 9.75. The number of aromatic nitrogens is 5. The topological polar surface area (TPSA) is 139 Å². The number of carbonyl (C=O) groups excluding carboxylic acids is 3. The molecule has 2 saturated heterocycles. The number of hydrogen-bond acceptors (Lipinski definition) is 9. The summed E-state index contributed by atoms with van der Waals surface area (Å²) in [6, 6.07) is 6.60. The maximum absolute atomic E-state index is 13.6. The van der Waals surface area contributed by atoms with Crippen LogP contribution in [0.4, 0.5) is 14.5 Å². The molecule has 16 heteroatoms. The number of nitrogens with one attached hydrogen (secondary N) is 2. The molecule has 3 aromatic heterocycles. The largest absolute Gasteiger partial charge is 0.434 e. The molecule has 2 N–H and O–H groups in total. The van der Waals surface area contributed by atoms with E-state index in [1.807, 2.05) is 13.8 Å². The highest BCUT2D eigenvalue weighted by Gasteiger charge is 2.37. The lowest BCUT2D eigenvalue weighted by atomic mass is 10.0. The van der Waals surface area contributed by atoms with Crippen LogP contribution >= 0.6 is 11.8 Å². The van der Waals surface area contributed by atoms with Crippen LogP contribution < -0.4 is 15.4 Å². The van der Waals surface area contributed by atoms with Crippen LogP contribution in [0.15, 0.2) is 53.9 Å². The molecular formula is C33H39F2N9O4S. The molecule has 13 nitrogen and oxygen atoms in total. The van der Waals surface area contributed by atoms with Crippen molar-refractivity contribution in [3.8, 4) is 17.0 Å². The second kappa shape index (κ2) is 14.9. The predicted octanol–water partition coefficient (Wildman–Crippen LogP) is 4.15. The standard InChI is InChI=1S/C33H39F2N9O4S/c1-20(2)49-22-7-8-27(48-33(34)35)23(16-22)29-25(39-31(46)24-17-38-44-13-5-11-37-30(24)44)18-42(40-29)19-28(45)41-14-9-21(10-15-41)43-12-4-6-26(43)32(47)36-3/h5,7-8,11,13,16-18,20-21,26,33H,4,6,9-10,12,14-15,19H2,1-3H3,(H,36,47)(H,39,46)/t26-/m0/s1. The Labute approximate surface area is 286 Å². The first-order valence-electron chi connectivity index (χ1n) is 16.3. The zero-order valence-corrected chi connectivity index (χ0v) is 28.3. The second-order valence-electron chi connectivity index (χ2n) is 12.3. The number of halogens is 2. The summed E-state index contributed by atoms with van der Waals surface area (Å²) in [5.74, 6) is -0.799. The van der Waals surface area contributed by atoms with Gasteiger partial charge in [-0.15, -0.1) is 11.8 Å². The van der Waals surface area contributed by atoms with E-state index in [0.29, 0.717) is 18.7 Å². The van der Waals surface area contributed by atoms with Crippen molar-refractivity contribution in [3.63, 3.8) is 0 Å². The molecule has 0 aliphatic carbocycles. The Morgan fingerprint density at radius 1 is 1.12 bits per heavy atom. The van der Waals surface area contributed by atoms with Gasteiger partial charge in [0.15, 0.2) is 5.65 Å². The minimum Gasteiger partial charge on any atom is -0.434 e. The summed E-state index contributed by atoms with van der Waals surface area (Å²) in [6.07, 6.45) is 9.39. The van der Waals surface area contributed by atoms with Gasteiger partial charge in [-0.2, -0.15) is 19.0 Å². The van der Waals surface area contributed by atoms with Gasteiger partial charge in [-0.25, -0.2) is 9.50 Å². The van der Waals surface area contributed by atoms with Gasteiger partial charge in [0.1, 0.15) is 23.6 Å². The highest BCUT2D eigenvalue weighted by molar-refractivity contribution is 7.99. The molecule has 6 rings (SSSR count). The minimum atomic E-state index is -3.09. The Balaban J connectivity index is 1.26. The number of rotatable bonds is 11. The van der Waals surface area contributed by atoms with Gasteiger partial charge in [0, 0.05) is 60.5 Å². The van der Waals surface area contributed by atoms with Crippen LogP contribution in [0, 0.1) is 0 Å². The number of amides is 3. The van der Waals surface area contributed by atoms with E-state index in [1.165, 1.54) is 39.4 Å². The minimum absolute atomic E-state index is 0.0293. The zero-order chi connectivity index (χ0) is 34.7. The molecule has 3 amide bonds. The molecule has 0 bridgehead atoms. The molecule has 0 radical (unpaired) electrons. The van der Waals surface area contributed by atoms with Crippen molar-refractivity contribution >= 4 is 40.8 Å². The van der Waals surface area contributed by atoms with E-state index < -0.39 is 12.5 Å². The quantitative estimate of drug-likeness (QED) is 0.222. The number of thioether (sulfide) groups is 1. The monoisotopic (exact) mass is 695 g/mol. The molecular weight excluding hydrogens is 656 g/mol. The number of hydrogen-bond donors (Lipinski definition) is 2. The van der Waals surface area contributed by atoms with Gasteiger partial charge >= 0.3 is 6.61 Å².